The van der Waals surface area contributed by atoms with Crippen LogP contribution in [0.4, 0.5) is 5.69 Å². The molecule has 0 spiro atoms. The first kappa shape index (κ1) is 28.2. The predicted molar refractivity (Wildman–Crippen MR) is 146 cm³/mol. The number of allylic oxidation sites excluding steroid dienone is 1. The minimum atomic E-state index is -1.05. The van der Waals surface area contributed by atoms with Gasteiger partial charge in [-0.3, -0.25) is 19.2 Å². The van der Waals surface area contributed by atoms with E-state index in [0.29, 0.717) is 17.8 Å². The third-order valence-corrected chi connectivity index (χ3v) is 8.62. The van der Waals surface area contributed by atoms with E-state index >= 15 is 0 Å². The molecule has 0 aliphatic heterocycles. The molecule has 218 valence electrons. The number of anilines is 1. The van der Waals surface area contributed by atoms with Gasteiger partial charge < -0.3 is 25.3 Å². The summed E-state index contributed by atoms with van der Waals surface area (Å²) in [6, 6.07) is 2.16. The van der Waals surface area contributed by atoms with Crippen molar-refractivity contribution in [2.75, 3.05) is 12.4 Å². The van der Waals surface area contributed by atoms with Gasteiger partial charge in [0, 0.05) is 25.4 Å². The molecule has 4 bridgehead atoms. The van der Waals surface area contributed by atoms with Gasteiger partial charge in [-0.15, -0.1) is 5.10 Å². The monoisotopic (exact) mass is 565 g/mol. The second-order valence-electron chi connectivity index (χ2n) is 11.2. The smallest absolute Gasteiger partial charge is 0.330 e. The summed E-state index contributed by atoms with van der Waals surface area (Å²) in [6.45, 7) is -0.154. The van der Waals surface area contributed by atoms with Gasteiger partial charge in [0.2, 0.25) is 11.8 Å². The predicted octanol–water partition coefficient (Wildman–Crippen LogP) is 0.774. The van der Waals surface area contributed by atoms with E-state index in [0.717, 1.165) is 5.92 Å². The van der Waals surface area contributed by atoms with Crippen LogP contribution in [0.3, 0.4) is 0 Å². The Morgan fingerprint density at radius 1 is 1.17 bits per heavy atom. The average Bonchev–Trinajstić information content (AvgIpc) is 3.58. The lowest BCUT2D eigenvalue weighted by atomic mass is 9.79. The highest BCUT2D eigenvalue weighted by Crippen LogP contribution is 2.58. The van der Waals surface area contributed by atoms with Crippen LogP contribution in [0.5, 0.6) is 0 Å². The van der Waals surface area contributed by atoms with Gasteiger partial charge in [-0.1, -0.05) is 11.3 Å². The van der Waals surface area contributed by atoms with E-state index in [4.69, 9.17) is 0 Å². The summed E-state index contributed by atoms with van der Waals surface area (Å²) in [5.41, 5.74) is -0.406. The first-order valence-electron chi connectivity index (χ1n) is 13.9. The van der Waals surface area contributed by atoms with Gasteiger partial charge in [-0.2, -0.15) is 0 Å². The number of aromatic nitrogens is 4. The molecule has 2 aromatic heterocycles. The van der Waals surface area contributed by atoms with Gasteiger partial charge in [0.25, 0.3) is 11.5 Å². The van der Waals surface area contributed by atoms with Gasteiger partial charge in [0.15, 0.2) is 0 Å². The van der Waals surface area contributed by atoms with Gasteiger partial charge >= 0.3 is 5.97 Å². The number of hydrogen-bond donors (Lipinski definition) is 3. The van der Waals surface area contributed by atoms with Crippen LogP contribution in [0, 0.1) is 23.7 Å². The van der Waals surface area contributed by atoms with Crippen LogP contribution >= 0.6 is 0 Å². The normalized spacial score (nSPS) is 24.8. The summed E-state index contributed by atoms with van der Waals surface area (Å²) in [6.07, 6.45) is 10.7. The maximum Gasteiger partial charge on any atom is 0.330 e. The molecule has 4 aliphatic rings. The fraction of sp³-hybridized carbons (Fsp3) is 0.536. The maximum atomic E-state index is 13.2. The molecule has 41 heavy (non-hydrogen) atoms. The topological polar surface area (TPSA) is 166 Å². The van der Waals surface area contributed by atoms with Crippen molar-refractivity contribution in [2.45, 2.75) is 57.2 Å². The van der Waals surface area contributed by atoms with Crippen molar-refractivity contribution < 1.29 is 23.9 Å². The molecule has 0 saturated heterocycles. The number of carbonyl (C=O) groups excluding carboxylic acids is 4. The number of carbonyl (C=O) groups is 4. The Morgan fingerprint density at radius 2 is 1.98 bits per heavy atom. The summed E-state index contributed by atoms with van der Waals surface area (Å²) in [5, 5.41) is 15.8. The zero-order valence-electron chi connectivity index (χ0n) is 23.1. The Morgan fingerprint density at radius 3 is 2.71 bits per heavy atom. The summed E-state index contributed by atoms with van der Waals surface area (Å²) in [5.74, 6) is 0.619. The highest BCUT2D eigenvalue weighted by Gasteiger charge is 2.54. The number of hydrogen-bond acceptors (Lipinski definition) is 8. The minimum Gasteiger partial charge on any atom is -0.466 e. The van der Waals surface area contributed by atoms with Gasteiger partial charge in [-0.05, 0) is 74.3 Å². The summed E-state index contributed by atoms with van der Waals surface area (Å²) >= 11 is 0. The lowest BCUT2D eigenvalue weighted by molar-refractivity contribution is -0.134. The van der Waals surface area contributed by atoms with Crippen molar-refractivity contribution in [1.82, 2.24) is 30.2 Å². The quantitative estimate of drug-likeness (QED) is 0.265. The second kappa shape index (κ2) is 12.1. The van der Waals surface area contributed by atoms with Gasteiger partial charge in [0.1, 0.15) is 24.0 Å². The fourth-order valence-corrected chi connectivity index (χ4v) is 6.83. The SMILES string of the molecule is COC(=O)/C=C/CC[C@H](NC(=O)c1cnnn1C)C(=O)Nc1cccn(CC(=O)NC2C3CC4CC(C3)C2C4)c1=O. The van der Waals surface area contributed by atoms with Gasteiger partial charge in [-0.25, -0.2) is 9.48 Å². The van der Waals surface area contributed by atoms with Crippen molar-refractivity contribution in [3.05, 3.63) is 52.7 Å². The molecule has 0 radical (unpaired) electrons. The zero-order chi connectivity index (χ0) is 29.1. The van der Waals surface area contributed by atoms with Crippen molar-refractivity contribution in [1.29, 1.82) is 0 Å². The number of esters is 1. The molecule has 5 unspecified atom stereocenters. The van der Waals surface area contributed by atoms with E-state index in [9.17, 15) is 24.0 Å². The second-order valence-corrected chi connectivity index (χ2v) is 11.2. The number of aryl methyl sites for hydroxylation is 1. The third-order valence-electron chi connectivity index (χ3n) is 8.62. The zero-order valence-corrected chi connectivity index (χ0v) is 23.1. The van der Waals surface area contributed by atoms with Crippen LogP contribution in [-0.4, -0.2) is 62.4 Å². The first-order valence-corrected chi connectivity index (χ1v) is 13.9. The molecule has 6 atom stereocenters. The van der Waals surface area contributed by atoms with Crippen LogP contribution in [-0.2, 0) is 32.7 Å². The standard InChI is InChI=1S/C28H35N7O6/c1-34-22(14-29-33-34)27(39)30-20(6-3-4-8-24(37)41-2)26(38)31-21-7-5-9-35(28(21)40)15-23(36)32-25-18-11-16-10-17(13-18)19(25)12-16/h4-5,7-9,14,16-20,25H,3,6,10-13,15H2,1-2H3,(H,30,39)(H,31,38)(H,32,36)/b8-4+/t16?,17?,18?,19?,20-,25?/m0/s1. The third kappa shape index (κ3) is 6.23. The Hall–Kier alpha value is -4.29. The van der Waals surface area contributed by atoms with E-state index in [1.807, 2.05) is 0 Å². The van der Waals surface area contributed by atoms with E-state index in [-0.39, 0.29) is 42.7 Å². The van der Waals surface area contributed by atoms with E-state index < -0.39 is 29.4 Å². The highest BCUT2D eigenvalue weighted by molar-refractivity contribution is 6.00. The Bertz CT molecular complexity index is 1410. The van der Waals surface area contributed by atoms with Crippen molar-refractivity contribution in [3.8, 4) is 0 Å². The molecule has 4 aliphatic carbocycles. The summed E-state index contributed by atoms with van der Waals surface area (Å²) < 4.78 is 7.10. The number of nitrogens with zero attached hydrogens (tertiary/aromatic N) is 4. The minimum absolute atomic E-state index is 0.0181. The van der Waals surface area contributed by atoms with E-state index in [2.05, 4.69) is 31.0 Å². The van der Waals surface area contributed by atoms with Crippen LogP contribution < -0.4 is 21.5 Å². The molecule has 13 heteroatoms. The highest BCUT2D eigenvalue weighted by atomic mass is 16.5. The van der Waals surface area contributed by atoms with Crippen LogP contribution in [0.1, 0.15) is 49.0 Å². The molecule has 3 N–H and O–H groups in total. The average molecular weight is 566 g/mol. The largest absolute Gasteiger partial charge is 0.466 e. The number of pyridine rings is 1. The molecule has 2 aromatic rings. The number of nitrogens with one attached hydrogen (secondary N) is 3. The molecule has 3 amide bonds. The number of methoxy groups -OCH3 is 1. The van der Waals surface area contributed by atoms with Crippen LogP contribution in [0.15, 0.2) is 41.5 Å². The summed E-state index contributed by atoms with van der Waals surface area (Å²) in [4.78, 5) is 63.5. The molecular weight excluding hydrogens is 530 g/mol. The van der Waals surface area contributed by atoms with Crippen molar-refractivity contribution in [2.24, 2.45) is 30.7 Å². The van der Waals surface area contributed by atoms with E-state index in [1.54, 1.807) is 13.1 Å². The number of rotatable bonds is 11. The first-order chi connectivity index (χ1) is 19.7. The van der Waals surface area contributed by atoms with Crippen LogP contribution in [0.2, 0.25) is 0 Å². The van der Waals surface area contributed by atoms with E-state index in [1.165, 1.54) is 72.7 Å². The molecule has 0 aromatic carbocycles. The van der Waals surface area contributed by atoms with Crippen molar-refractivity contribution >= 4 is 29.4 Å². The van der Waals surface area contributed by atoms with Crippen molar-refractivity contribution in [3.63, 3.8) is 0 Å². The lowest BCUT2D eigenvalue weighted by Crippen LogP contribution is -2.46. The Kier molecular flexibility index (Phi) is 8.31. The maximum absolute atomic E-state index is 13.2. The molecule has 2 heterocycles. The van der Waals surface area contributed by atoms with Gasteiger partial charge in [0.05, 0.1) is 13.3 Å². The number of amides is 3. The molecule has 4 fully saturated rings. The fourth-order valence-electron chi connectivity index (χ4n) is 6.83. The molecule has 6 rings (SSSR count). The Labute approximate surface area is 236 Å². The Balaban J connectivity index is 1.24. The summed E-state index contributed by atoms with van der Waals surface area (Å²) in [7, 11) is 2.80. The molecule has 4 saturated carbocycles. The number of ether oxygens (including phenoxy) is 1. The lowest BCUT2D eigenvalue weighted by Gasteiger charge is -2.32. The molecule has 13 nitrogen and oxygen atoms in total. The molecular formula is C28H35N7O6. The van der Waals surface area contributed by atoms with Crippen LogP contribution in [0.25, 0.3) is 0 Å².